The van der Waals surface area contributed by atoms with Crippen molar-refractivity contribution in [1.29, 1.82) is 0 Å². The molecular formula is C32H11BF10O. The second-order valence-corrected chi connectivity index (χ2v) is 10.1. The molecule has 0 radical (unpaired) electrons. The lowest BCUT2D eigenvalue weighted by Crippen LogP contribution is -2.58. The van der Waals surface area contributed by atoms with Gasteiger partial charge >= 0.3 is 0 Å². The first-order chi connectivity index (χ1) is 21.0. The minimum atomic E-state index is -2.67. The number of halogens is 10. The summed E-state index contributed by atoms with van der Waals surface area (Å²) in [6.07, 6.45) is 0. The summed E-state index contributed by atoms with van der Waals surface area (Å²) in [5, 5.41) is 1.77. The van der Waals surface area contributed by atoms with Gasteiger partial charge in [-0.1, -0.05) is 54.0 Å². The zero-order chi connectivity index (χ0) is 31.2. The molecular weight excluding hydrogens is 601 g/mol. The van der Waals surface area contributed by atoms with E-state index in [1.54, 1.807) is 42.5 Å². The van der Waals surface area contributed by atoms with Crippen molar-refractivity contribution in [2.75, 3.05) is 0 Å². The van der Waals surface area contributed by atoms with Crippen LogP contribution in [-0.4, -0.2) is 6.71 Å². The monoisotopic (exact) mass is 612 g/mol. The molecule has 0 amide bonds. The molecule has 6 aromatic carbocycles. The third-order valence-corrected chi connectivity index (χ3v) is 7.76. The molecule has 0 saturated heterocycles. The van der Waals surface area contributed by atoms with E-state index in [1.807, 2.05) is 6.07 Å². The van der Waals surface area contributed by atoms with E-state index in [0.717, 1.165) is 23.3 Å². The highest BCUT2D eigenvalue weighted by Gasteiger charge is 2.41. The Morgan fingerprint density at radius 1 is 0.432 bits per heavy atom. The zero-order valence-corrected chi connectivity index (χ0v) is 21.6. The maximum Gasteiger partial charge on any atom is 0.257 e. The average molecular weight is 612 g/mol. The Kier molecular flexibility index (Phi) is 6.17. The first kappa shape index (κ1) is 27.8. The summed E-state index contributed by atoms with van der Waals surface area (Å²) in [5.74, 6) is -24.0. The van der Waals surface area contributed by atoms with Gasteiger partial charge in [0.2, 0.25) is 0 Å². The molecule has 7 rings (SSSR count). The van der Waals surface area contributed by atoms with Crippen LogP contribution in [-0.2, 0) is 0 Å². The van der Waals surface area contributed by atoms with Gasteiger partial charge < -0.3 is 4.74 Å². The lowest BCUT2D eigenvalue weighted by molar-refractivity contribution is 0.382. The molecule has 44 heavy (non-hydrogen) atoms. The highest BCUT2D eigenvalue weighted by Crippen LogP contribution is 2.48. The summed E-state index contributed by atoms with van der Waals surface area (Å²) in [6.45, 7) is -2.67. The molecule has 12 heteroatoms. The normalized spacial score (nSPS) is 12.0. The molecule has 0 fully saturated rings. The molecule has 0 atom stereocenters. The Balaban J connectivity index is 1.59. The lowest BCUT2D eigenvalue weighted by atomic mass is 9.36. The maximum atomic E-state index is 15.2. The third-order valence-electron chi connectivity index (χ3n) is 7.76. The van der Waals surface area contributed by atoms with Gasteiger partial charge in [-0.15, -0.1) is 0 Å². The molecule has 0 aliphatic carbocycles. The third kappa shape index (κ3) is 3.76. The van der Waals surface area contributed by atoms with Crippen molar-refractivity contribution in [3.05, 3.63) is 125 Å². The highest BCUT2D eigenvalue weighted by molar-refractivity contribution is 6.95. The van der Waals surface area contributed by atoms with Crippen molar-refractivity contribution >= 4 is 44.6 Å². The maximum absolute atomic E-state index is 15.2. The smallest absolute Gasteiger partial charge is 0.257 e. The van der Waals surface area contributed by atoms with Gasteiger partial charge in [-0.2, -0.15) is 0 Å². The fraction of sp³-hybridized carbons (Fsp3) is 0. The molecule has 0 aromatic heterocycles. The van der Waals surface area contributed by atoms with Crippen LogP contribution in [0, 0.1) is 58.2 Å². The Morgan fingerprint density at radius 3 is 1.55 bits per heavy atom. The predicted molar refractivity (Wildman–Crippen MR) is 144 cm³/mol. The quantitative estimate of drug-likeness (QED) is 0.0655. The van der Waals surface area contributed by atoms with Crippen LogP contribution in [0.3, 0.4) is 0 Å². The Labute approximate surface area is 241 Å². The fourth-order valence-corrected chi connectivity index (χ4v) is 5.80. The number of benzene rings is 6. The number of fused-ring (bicyclic) bond motifs is 4. The predicted octanol–water partition coefficient (Wildman–Crippen LogP) is 7.67. The van der Waals surface area contributed by atoms with E-state index < -0.39 is 81.3 Å². The number of hydrogen-bond acceptors (Lipinski definition) is 1. The van der Waals surface area contributed by atoms with E-state index in [4.69, 9.17) is 4.74 Å². The summed E-state index contributed by atoms with van der Waals surface area (Å²) in [4.78, 5) is 0. The Bertz CT molecular complexity index is 2110. The van der Waals surface area contributed by atoms with Gasteiger partial charge in [-0.25, -0.2) is 43.9 Å². The standard InChI is InChI=1S/C32H11BF10O/c34-23-21(24(35)28(39)31(42)27(23)38)33(22-25(36)29(40)32(43)30(41)26(22)37)13-9-8-12-10-17-14-4-1-2-6-18(14)44-19-7-3-5-15(20(17)19)16(12)11-13/h1-11H. The van der Waals surface area contributed by atoms with Gasteiger partial charge in [0.25, 0.3) is 6.71 Å². The van der Waals surface area contributed by atoms with Crippen LogP contribution < -0.4 is 21.1 Å². The minimum Gasteiger partial charge on any atom is -0.456 e. The summed E-state index contributed by atoms with van der Waals surface area (Å²) in [7, 11) is 0. The molecule has 0 bridgehead atoms. The Morgan fingerprint density at radius 2 is 0.955 bits per heavy atom. The van der Waals surface area contributed by atoms with Gasteiger partial charge in [0.1, 0.15) is 11.5 Å². The van der Waals surface area contributed by atoms with Crippen LogP contribution in [0.5, 0.6) is 11.5 Å². The molecule has 6 aromatic rings. The van der Waals surface area contributed by atoms with Gasteiger partial charge in [0, 0.05) is 21.9 Å². The van der Waals surface area contributed by atoms with Crippen molar-refractivity contribution in [3.8, 4) is 22.6 Å². The molecule has 0 N–H and O–H groups in total. The minimum absolute atomic E-state index is 0.267. The second-order valence-electron chi connectivity index (χ2n) is 10.1. The summed E-state index contributed by atoms with van der Waals surface area (Å²) in [6, 6.07) is 17.3. The second kappa shape index (κ2) is 9.76. The molecule has 0 spiro atoms. The van der Waals surface area contributed by atoms with Crippen LogP contribution >= 0.6 is 0 Å². The van der Waals surface area contributed by atoms with Crippen LogP contribution in [0.15, 0.2) is 66.7 Å². The molecule has 1 aliphatic heterocycles. The van der Waals surface area contributed by atoms with Crippen LogP contribution in [0.4, 0.5) is 43.9 Å². The molecule has 218 valence electrons. The number of ether oxygens (including phenoxy) is 1. The highest BCUT2D eigenvalue weighted by atomic mass is 19.2. The van der Waals surface area contributed by atoms with E-state index in [2.05, 4.69) is 0 Å². The molecule has 1 nitrogen and oxygen atoms in total. The summed E-state index contributed by atoms with van der Waals surface area (Å²) < 4.78 is 152. The van der Waals surface area contributed by atoms with Crippen LogP contribution in [0.1, 0.15) is 0 Å². The van der Waals surface area contributed by atoms with Gasteiger partial charge in [0.05, 0.1) is 0 Å². The van der Waals surface area contributed by atoms with E-state index in [1.165, 1.54) is 6.07 Å². The molecule has 1 aliphatic rings. The number of para-hydroxylation sites is 1. The first-order valence-corrected chi connectivity index (χ1v) is 12.8. The molecule has 0 saturated carbocycles. The average Bonchev–Trinajstić information content (AvgIpc) is 3.04. The van der Waals surface area contributed by atoms with E-state index >= 15 is 17.6 Å². The summed E-state index contributed by atoms with van der Waals surface area (Å²) >= 11 is 0. The fourth-order valence-electron chi connectivity index (χ4n) is 5.80. The summed E-state index contributed by atoms with van der Waals surface area (Å²) in [5.41, 5.74) is -2.67. The number of rotatable bonds is 3. The van der Waals surface area contributed by atoms with E-state index in [9.17, 15) is 26.3 Å². The van der Waals surface area contributed by atoms with Crippen molar-refractivity contribution in [3.63, 3.8) is 0 Å². The zero-order valence-electron chi connectivity index (χ0n) is 21.6. The lowest BCUT2D eigenvalue weighted by Gasteiger charge is -2.23. The van der Waals surface area contributed by atoms with Gasteiger partial charge in [-0.3, -0.25) is 0 Å². The Hall–Kier alpha value is -5.00. The molecule has 1 heterocycles. The first-order valence-electron chi connectivity index (χ1n) is 12.8. The van der Waals surface area contributed by atoms with Gasteiger partial charge in [-0.05, 0) is 39.9 Å². The van der Waals surface area contributed by atoms with Crippen LogP contribution in [0.25, 0.3) is 32.7 Å². The van der Waals surface area contributed by atoms with Crippen LogP contribution in [0.2, 0.25) is 0 Å². The van der Waals surface area contributed by atoms with Crippen molar-refractivity contribution in [2.45, 2.75) is 0 Å². The SMILES string of the molecule is Fc1c(F)c(F)c(B(c2ccc3cc4c5c(cccc5c3c2)Oc2ccccc2-4)c2c(F)c(F)c(F)c(F)c2F)c(F)c1F. The van der Waals surface area contributed by atoms with Gasteiger partial charge in [0.15, 0.2) is 58.2 Å². The largest absolute Gasteiger partial charge is 0.456 e. The number of hydrogen-bond donors (Lipinski definition) is 0. The van der Waals surface area contributed by atoms with Crippen molar-refractivity contribution in [1.82, 2.24) is 0 Å². The molecule has 0 unspecified atom stereocenters. The van der Waals surface area contributed by atoms with Crippen molar-refractivity contribution < 1.29 is 48.6 Å². The topological polar surface area (TPSA) is 9.23 Å². The van der Waals surface area contributed by atoms with E-state index in [-0.39, 0.29) is 5.39 Å². The van der Waals surface area contributed by atoms with Crippen molar-refractivity contribution in [2.24, 2.45) is 0 Å². The van der Waals surface area contributed by atoms with E-state index in [0.29, 0.717) is 27.7 Å².